The summed E-state index contributed by atoms with van der Waals surface area (Å²) >= 11 is 5.66. The van der Waals surface area contributed by atoms with E-state index in [0.29, 0.717) is 5.56 Å². The smallest absolute Gasteiger partial charge is 0.307 e. The molecule has 76 valence electrons. The van der Waals surface area contributed by atoms with E-state index in [1.807, 2.05) is 0 Å². The maximum atomic E-state index is 13.2. The highest BCUT2D eigenvalue weighted by Gasteiger charge is 2.11. The molecule has 0 spiro atoms. The van der Waals surface area contributed by atoms with E-state index in [2.05, 4.69) is 4.74 Å². The molecule has 0 aliphatic carbocycles. The minimum absolute atomic E-state index is 0.0687. The van der Waals surface area contributed by atoms with Crippen molar-refractivity contribution in [2.75, 3.05) is 7.11 Å². The topological polar surface area (TPSA) is 46.5 Å². The summed E-state index contributed by atoms with van der Waals surface area (Å²) < 4.78 is 17.8. The maximum Gasteiger partial charge on any atom is 0.307 e. The van der Waals surface area contributed by atoms with Gasteiger partial charge in [0.15, 0.2) is 11.6 Å². The highest BCUT2D eigenvalue weighted by molar-refractivity contribution is 6.32. The van der Waals surface area contributed by atoms with Crippen LogP contribution in [0.4, 0.5) is 4.39 Å². The second-order valence-corrected chi connectivity index (χ2v) is 3.07. The fourth-order valence-electron chi connectivity index (χ4n) is 1.08. The highest BCUT2D eigenvalue weighted by atomic mass is 35.5. The van der Waals surface area contributed by atoms with Gasteiger partial charge in [-0.15, -0.1) is 0 Å². The predicted octanol–water partition coefficient (Wildman–Crippen LogP) is 2.11. The van der Waals surface area contributed by atoms with Gasteiger partial charge in [-0.3, -0.25) is 4.79 Å². The Morgan fingerprint density at radius 1 is 1.64 bits per heavy atom. The first kappa shape index (κ1) is 10.8. The number of carboxylic acid groups (broad SMARTS) is 1. The number of benzene rings is 1. The van der Waals surface area contributed by atoms with Crippen molar-refractivity contribution in [1.82, 2.24) is 0 Å². The molecular weight excluding hydrogens is 211 g/mol. The molecular formula is C9H8ClFO3. The van der Waals surface area contributed by atoms with Gasteiger partial charge in [-0.1, -0.05) is 11.6 Å². The monoisotopic (exact) mass is 218 g/mol. The second-order valence-electron chi connectivity index (χ2n) is 2.66. The van der Waals surface area contributed by atoms with Crippen LogP contribution in [-0.2, 0) is 11.2 Å². The van der Waals surface area contributed by atoms with E-state index in [-0.39, 0.29) is 17.2 Å². The molecule has 0 radical (unpaired) electrons. The lowest BCUT2D eigenvalue weighted by atomic mass is 10.1. The van der Waals surface area contributed by atoms with E-state index >= 15 is 0 Å². The summed E-state index contributed by atoms with van der Waals surface area (Å²) in [5.41, 5.74) is 0.306. The molecule has 1 aromatic carbocycles. The number of aliphatic carboxylic acids is 1. The highest BCUT2D eigenvalue weighted by Crippen LogP contribution is 2.28. The van der Waals surface area contributed by atoms with Gasteiger partial charge in [0.25, 0.3) is 0 Å². The number of ether oxygens (including phenoxy) is 1. The number of hydrogen-bond donors (Lipinski definition) is 1. The Balaban J connectivity index is 3.07. The average Bonchev–Trinajstić information content (AvgIpc) is 2.01. The fourth-order valence-corrected chi connectivity index (χ4v) is 1.39. The normalized spacial score (nSPS) is 9.93. The Kier molecular flexibility index (Phi) is 3.30. The van der Waals surface area contributed by atoms with Crippen LogP contribution in [0.25, 0.3) is 0 Å². The summed E-state index contributed by atoms with van der Waals surface area (Å²) in [6.45, 7) is 0. The summed E-state index contributed by atoms with van der Waals surface area (Å²) in [5, 5.41) is 8.55. The summed E-state index contributed by atoms with van der Waals surface area (Å²) in [7, 11) is 1.29. The zero-order valence-electron chi connectivity index (χ0n) is 7.38. The van der Waals surface area contributed by atoms with Gasteiger partial charge in [-0.2, -0.15) is 0 Å². The van der Waals surface area contributed by atoms with Crippen molar-refractivity contribution >= 4 is 17.6 Å². The third-order valence-electron chi connectivity index (χ3n) is 1.62. The van der Waals surface area contributed by atoms with Gasteiger partial charge < -0.3 is 9.84 Å². The summed E-state index contributed by atoms with van der Waals surface area (Å²) in [5.74, 6) is -1.76. The largest absolute Gasteiger partial charge is 0.492 e. The molecule has 0 aromatic heterocycles. The van der Waals surface area contributed by atoms with Gasteiger partial charge in [0.05, 0.1) is 18.6 Å². The van der Waals surface area contributed by atoms with Crippen LogP contribution >= 0.6 is 11.6 Å². The van der Waals surface area contributed by atoms with Crippen LogP contribution in [0.15, 0.2) is 12.1 Å². The van der Waals surface area contributed by atoms with E-state index in [9.17, 15) is 9.18 Å². The molecule has 0 aliphatic heterocycles. The zero-order chi connectivity index (χ0) is 10.7. The SMILES string of the molecule is COc1c(F)cc(CC(=O)O)cc1Cl. The van der Waals surface area contributed by atoms with Gasteiger partial charge in [0.2, 0.25) is 0 Å². The average molecular weight is 219 g/mol. The van der Waals surface area contributed by atoms with Crippen molar-refractivity contribution in [3.63, 3.8) is 0 Å². The van der Waals surface area contributed by atoms with Crippen molar-refractivity contribution in [3.05, 3.63) is 28.5 Å². The Labute approximate surface area is 85.1 Å². The van der Waals surface area contributed by atoms with Crippen LogP contribution in [-0.4, -0.2) is 18.2 Å². The van der Waals surface area contributed by atoms with Crippen LogP contribution in [0.2, 0.25) is 5.02 Å². The Morgan fingerprint density at radius 3 is 2.71 bits per heavy atom. The first-order valence-corrected chi connectivity index (χ1v) is 4.16. The number of rotatable bonds is 3. The fraction of sp³-hybridized carbons (Fsp3) is 0.222. The third kappa shape index (κ3) is 2.35. The Morgan fingerprint density at radius 2 is 2.29 bits per heavy atom. The van der Waals surface area contributed by atoms with E-state index < -0.39 is 11.8 Å². The number of methoxy groups -OCH3 is 1. The molecule has 0 aliphatic rings. The van der Waals surface area contributed by atoms with E-state index in [0.717, 1.165) is 6.07 Å². The van der Waals surface area contributed by atoms with Crippen molar-refractivity contribution in [2.24, 2.45) is 0 Å². The molecule has 0 fully saturated rings. The van der Waals surface area contributed by atoms with Gasteiger partial charge in [-0.05, 0) is 17.7 Å². The molecule has 14 heavy (non-hydrogen) atoms. The number of halogens is 2. The molecule has 0 saturated heterocycles. The molecule has 0 saturated carbocycles. The molecule has 3 nitrogen and oxygen atoms in total. The van der Waals surface area contributed by atoms with Gasteiger partial charge in [0, 0.05) is 0 Å². The lowest BCUT2D eigenvalue weighted by Crippen LogP contribution is -2.01. The first-order valence-electron chi connectivity index (χ1n) is 3.78. The lowest BCUT2D eigenvalue weighted by molar-refractivity contribution is -0.136. The van der Waals surface area contributed by atoms with Gasteiger partial charge in [0.1, 0.15) is 0 Å². The second kappa shape index (κ2) is 4.28. The number of carbonyl (C=O) groups is 1. The van der Waals surface area contributed by atoms with Gasteiger partial charge >= 0.3 is 5.97 Å². The summed E-state index contributed by atoms with van der Waals surface area (Å²) in [6, 6.07) is 2.47. The molecule has 0 atom stereocenters. The summed E-state index contributed by atoms with van der Waals surface area (Å²) in [6.07, 6.45) is -0.263. The molecule has 1 aromatic rings. The van der Waals surface area contributed by atoms with E-state index in [1.165, 1.54) is 13.2 Å². The van der Waals surface area contributed by atoms with Crippen molar-refractivity contribution in [1.29, 1.82) is 0 Å². The van der Waals surface area contributed by atoms with Crippen molar-refractivity contribution in [3.8, 4) is 5.75 Å². The molecule has 0 unspecified atom stereocenters. The maximum absolute atomic E-state index is 13.2. The molecule has 0 bridgehead atoms. The quantitative estimate of drug-likeness (QED) is 0.845. The minimum atomic E-state index is -1.04. The van der Waals surface area contributed by atoms with E-state index in [4.69, 9.17) is 16.7 Å². The lowest BCUT2D eigenvalue weighted by Gasteiger charge is -2.06. The van der Waals surface area contributed by atoms with Gasteiger partial charge in [-0.25, -0.2) is 4.39 Å². The van der Waals surface area contributed by atoms with Crippen LogP contribution in [0.1, 0.15) is 5.56 Å². The third-order valence-corrected chi connectivity index (χ3v) is 1.90. The standard InChI is InChI=1S/C9H8ClFO3/c1-14-9-6(10)2-5(3-7(9)11)4-8(12)13/h2-3H,4H2,1H3,(H,12,13). The molecule has 1 rings (SSSR count). The molecule has 0 heterocycles. The van der Waals surface area contributed by atoms with Crippen LogP contribution < -0.4 is 4.74 Å². The molecule has 0 amide bonds. The number of carboxylic acids is 1. The van der Waals surface area contributed by atoms with Crippen molar-refractivity contribution < 1.29 is 19.0 Å². The van der Waals surface area contributed by atoms with Crippen LogP contribution in [0.3, 0.4) is 0 Å². The number of hydrogen-bond acceptors (Lipinski definition) is 2. The molecule has 1 N–H and O–H groups in total. The van der Waals surface area contributed by atoms with Crippen LogP contribution in [0, 0.1) is 5.82 Å². The zero-order valence-corrected chi connectivity index (χ0v) is 8.14. The van der Waals surface area contributed by atoms with Crippen molar-refractivity contribution in [2.45, 2.75) is 6.42 Å². The van der Waals surface area contributed by atoms with E-state index in [1.54, 1.807) is 0 Å². The molecule has 5 heteroatoms. The summed E-state index contributed by atoms with van der Waals surface area (Å²) in [4.78, 5) is 10.3. The minimum Gasteiger partial charge on any atom is -0.492 e. The Bertz CT molecular complexity index is 342. The van der Waals surface area contributed by atoms with Crippen LogP contribution in [0.5, 0.6) is 5.75 Å². The first-order chi connectivity index (χ1) is 6.54. The predicted molar refractivity (Wildman–Crippen MR) is 49.3 cm³/mol. The Hall–Kier alpha value is -1.29.